The average Bonchev–Trinajstić information content (AvgIpc) is 2.65. The van der Waals surface area contributed by atoms with Crippen LogP contribution in [0.25, 0.3) is 0 Å². The Bertz CT molecular complexity index is 531. The molecular weight excluding hydrogens is 443 g/mol. The SMILES string of the molecule is CCNC(=NCC(CC)CC)NCCNC(=O)c1ccc(OC)cc1.I. The summed E-state index contributed by atoms with van der Waals surface area (Å²) in [5.74, 6) is 2.06. The van der Waals surface area contributed by atoms with Gasteiger partial charge in [0.15, 0.2) is 5.96 Å². The summed E-state index contributed by atoms with van der Waals surface area (Å²) in [5.41, 5.74) is 0.620. The molecule has 0 fully saturated rings. The number of hydrogen-bond acceptors (Lipinski definition) is 3. The Labute approximate surface area is 174 Å². The molecule has 6 nitrogen and oxygen atoms in total. The molecule has 0 aliphatic rings. The largest absolute Gasteiger partial charge is 0.497 e. The summed E-state index contributed by atoms with van der Waals surface area (Å²) in [7, 11) is 1.60. The van der Waals surface area contributed by atoms with Crippen LogP contribution in [0.3, 0.4) is 0 Å². The van der Waals surface area contributed by atoms with E-state index in [0.29, 0.717) is 24.6 Å². The molecule has 1 rings (SSSR count). The van der Waals surface area contributed by atoms with Gasteiger partial charge in [0.25, 0.3) is 5.91 Å². The zero-order valence-electron chi connectivity index (χ0n) is 16.3. The van der Waals surface area contributed by atoms with Crippen LogP contribution >= 0.6 is 24.0 Å². The van der Waals surface area contributed by atoms with E-state index < -0.39 is 0 Å². The first-order valence-electron chi connectivity index (χ1n) is 9.08. The van der Waals surface area contributed by atoms with Gasteiger partial charge in [0.1, 0.15) is 5.75 Å². The van der Waals surface area contributed by atoms with Crippen molar-refractivity contribution >= 4 is 35.8 Å². The first-order chi connectivity index (χ1) is 12.1. The van der Waals surface area contributed by atoms with Crippen molar-refractivity contribution in [3.63, 3.8) is 0 Å². The molecule has 0 spiro atoms. The summed E-state index contributed by atoms with van der Waals surface area (Å²) in [6.45, 7) is 9.21. The van der Waals surface area contributed by atoms with E-state index in [4.69, 9.17) is 4.74 Å². The van der Waals surface area contributed by atoms with Gasteiger partial charge in [0, 0.05) is 31.7 Å². The van der Waals surface area contributed by atoms with Crippen LogP contribution in [-0.4, -0.2) is 45.2 Å². The fraction of sp³-hybridized carbons (Fsp3) is 0.579. The number of nitrogens with one attached hydrogen (secondary N) is 3. The highest BCUT2D eigenvalue weighted by atomic mass is 127. The third kappa shape index (κ3) is 9.26. The molecule has 0 heterocycles. The summed E-state index contributed by atoms with van der Waals surface area (Å²) in [4.78, 5) is 16.7. The Morgan fingerprint density at radius 2 is 1.65 bits per heavy atom. The van der Waals surface area contributed by atoms with Crippen LogP contribution < -0.4 is 20.7 Å². The standard InChI is InChI=1S/C19H32N4O2.HI/c1-5-15(6-2)14-23-19(20-7-3)22-13-12-21-18(24)16-8-10-17(25-4)11-9-16;/h8-11,15H,5-7,12-14H2,1-4H3,(H,21,24)(H2,20,22,23);1H. The fourth-order valence-electron chi connectivity index (χ4n) is 2.31. The maximum atomic E-state index is 12.1. The van der Waals surface area contributed by atoms with E-state index in [1.807, 2.05) is 6.92 Å². The van der Waals surface area contributed by atoms with Crippen LogP contribution in [0.4, 0.5) is 0 Å². The number of guanidine groups is 1. The van der Waals surface area contributed by atoms with Gasteiger partial charge < -0.3 is 20.7 Å². The lowest BCUT2D eigenvalue weighted by Gasteiger charge is -2.14. The number of hydrogen-bond donors (Lipinski definition) is 3. The van der Waals surface area contributed by atoms with Gasteiger partial charge in [-0.1, -0.05) is 26.7 Å². The minimum absolute atomic E-state index is 0. The molecule has 0 aliphatic carbocycles. The highest BCUT2D eigenvalue weighted by molar-refractivity contribution is 14.0. The van der Waals surface area contributed by atoms with Gasteiger partial charge in [-0.15, -0.1) is 24.0 Å². The van der Waals surface area contributed by atoms with Crippen LogP contribution in [0.5, 0.6) is 5.75 Å². The number of methoxy groups -OCH3 is 1. The normalized spacial score (nSPS) is 10.9. The number of carbonyl (C=O) groups excluding carboxylic acids is 1. The predicted molar refractivity (Wildman–Crippen MR) is 119 cm³/mol. The van der Waals surface area contributed by atoms with Crippen molar-refractivity contribution in [1.29, 1.82) is 0 Å². The van der Waals surface area contributed by atoms with Crippen molar-refractivity contribution in [2.75, 3.05) is 33.3 Å². The molecule has 0 saturated heterocycles. The van der Waals surface area contributed by atoms with Crippen molar-refractivity contribution in [3.8, 4) is 5.75 Å². The molecule has 1 aromatic rings. The minimum Gasteiger partial charge on any atom is -0.497 e. The summed E-state index contributed by atoms with van der Waals surface area (Å²) >= 11 is 0. The molecule has 7 heteroatoms. The number of aliphatic imine (C=N–C) groups is 1. The second-order valence-electron chi connectivity index (χ2n) is 5.81. The van der Waals surface area contributed by atoms with Crippen molar-refractivity contribution in [2.45, 2.75) is 33.6 Å². The predicted octanol–water partition coefficient (Wildman–Crippen LogP) is 3.03. The monoisotopic (exact) mass is 476 g/mol. The molecular formula is C19H33IN4O2. The van der Waals surface area contributed by atoms with Gasteiger partial charge in [-0.3, -0.25) is 9.79 Å². The zero-order chi connectivity index (χ0) is 18.5. The van der Waals surface area contributed by atoms with Gasteiger partial charge in [-0.25, -0.2) is 0 Å². The van der Waals surface area contributed by atoms with Crippen LogP contribution in [-0.2, 0) is 0 Å². The average molecular weight is 476 g/mol. The van der Waals surface area contributed by atoms with Gasteiger partial charge in [0.2, 0.25) is 0 Å². The first kappa shape index (κ1) is 24.5. The molecule has 26 heavy (non-hydrogen) atoms. The second kappa shape index (κ2) is 14.6. The second-order valence-corrected chi connectivity index (χ2v) is 5.81. The van der Waals surface area contributed by atoms with E-state index in [1.165, 1.54) is 0 Å². The third-order valence-electron chi connectivity index (χ3n) is 4.06. The Hall–Kier alpha value is -1.51. The van der Waals surface area contributed by atoms with Crippen LogP contribution in [0.2, 0.25) is 0 Å². The summed E-state index contributed by atoms with van der Waals surface area (Å²) in [6, 6.07) is 7.06. The molecule has 148 valence electrons. The van der Waals surface area contributed by atoms with Gasteiger partial charge in [-0.05, 0) is 37.1 Å². The molecule has 1 aromatic carbocycles. The first-order valence-corrected chi connectivity index (χ1v) is 9.08. The molecule has 0 radical (unpaired) electrons. The van der Waals surface area contributed by atoms with E-state index in [9.17, 15) is 4.79 Å². The van der Waals surface area contributed by atoms with Gasteiger partial charge >= 0.3 is 0 Å². The topological polar surface area (TPSA) is 74.8 Å². The summed E-state index contributed by atoms with van der Waals surface area (Å²) in [6.07, 6.45) is 2.27. The molecule has 1 amide bonds. The Morgan fingerprint density at radius 1 is 1.04 bits per heavy atom. The molecule has 0 atom stereocenters. The van der Waals surface area contributed by atoms with Crippen molar-refractivity contribution in [1.82, 2.24) is 16.0 Å². The van der Waals surface area contributed by atoms with E-state index in [-0.39, 0.29) is 29.9 Å². The molecule has 0 unspecified atom stereocenters. The molecule has 0 aliphatic heterocycles. The maximum absolute atomic E-state index is 12.1. The Morgan fingerprint density at radius 3 is 2.19 bits per heavy atom. The Kier molecular flexibility index (Phi) is 13.8. The van der Waals surface area contributed by atoms with Crippen LogP contribution in [0.15, 0.2) is 29.3 Å². The smallest absolute Gasteiger partial charge is 0.251 e. The van der Waals surface area contributed by atoms with Crippen molar-refractivity contribution in [2.24, 2.45) is 10.9 Å². The third-order valence-corrected chi connectivity index (χ3v) is 4.06. The maximum Gasteiger partial charge on any atom is 0.251 e. The van der Waals surface area contributed by atoms with Gasteiger partial charge in [0.05, 0.1) is 7.11 Å². The van der Waals surface area contributed by atoms with E-state index in [2.05, 4.69) is 34.8 Å². The number of rotatable bonds is 10. The number of ether oxygens (including phenoxy) is 1. The number of nitrogens with zero attached hydrogens (tertiary/aromatic N) is 1. The number of halogens is 1. The molecule has 0 bridgehead atoms. The lowest BCUT2D eigenvalue weighted by Crippen LogP contribution is -2.41. The summed E-state index contributed by atoms with van der Waals surface area (Å²) in [5, 5.41) is 9.38. The van der Waals surface area contributed by atoms with Crippen molar-refractivity contribution < 1.29 is 9.53 Å². The highest BCUT2D eigenvalue weighted by Crippen LogP contribution is 2.11. The summed E-state index contributed by atoms with van der Waals surface area (Å²) < 4.78 is 5.09. The lowest BCUT2D eigenvalue weighted by molar-refractivity contribution is 0.0954. The molecule has 3 N–H and O–H groups in total. The minimum atomic E-state index is -0.0941. The van der Waals surface area contributed by atoms with E-state index >= 15 is 0 Å². The number of benzene rings is 1. The van der Waals surface area contributed by atoms with Crippen molar-refractivity contribution in [3.05, 3.63) is 29.8 Å². The lowest BCUT2D eigenvalue weighted by atomic mass is 10.0. The van der Waals surface area contributed by atoms with Gasteiger partial charge in [-0.2, -0.15) is 0 Å². The van der Waals surface area contributed by atoms with E-state index in [1.54, 1.807) is 31.4 Å². The molecule has 0 saturated carbocycles. The molecule has 0 aromatic heterocycles. The number of carbonyl (C=O) groups is 1. The zero-order valence-corrected chi connectivity index (χ0v) is 18.6. The van der Waals surface area contributed by atoms with E-state index in [0.717, 1.165) is 37.6 Å². The van der Waals surface area contributed by atoms with Crippen LogP contribution in [0.1, 0.15) is 44.0 Å². The highest BCUT2D eigenvalue weighted by Gasteiger charge is 2.06. The fourth-order valence-corrected chi connectivity index (χ4v) is 2.31. The number of amides is 1. The Balaban J connectivity index is 0.00000625. The quantitative estimate of drug-likeness (QED) is 0.210. The van der Waals surface area contributed by atoms with Crippen LogP contribution in [0, 0.1) is 5.92 Å².